The van der Waals surface area contributed by atoms with Crippen LogP contribution in [0.25, 0.3) is 0 Å². The predicted octanol–water partition coefficient (Wildman–Crippen LogP) is 3.31. The molecule has 1 amide bonds. The molecule has 1 fully saturated rings. The molecule has 2 aromatic rings. The Bertz CT molecular complexity index is 684. The van der Waals surface area contributed by atoms with Gasteiger partial charge in [0.05, 0.1) is 5.69 Å². The highest BCUT2D eigenvalue weighted by Crippen LogP contribution is 2.28. The molecular formula is C18H26N4O2. The standard InChI is InChI=1S/C18H26N4O2/c1-4-5-9-21-11-8-19-17(21)15-7-6-10-22(12-15)18(23)16-13(2)20-24-14(16)3/h8,11,15H,4-7,9-10,12H2,1-3H3. The molecule has 0 aromatic carbocycles. The van der Waals surface area contributed by atoms with Gasteiger partial charge in [-0.3, -0.25) is 4.79 Å². The van der Waals surface area contributed by atoms with E-state index >= 15 is 0 Å². The zero-order valence-electron chi connectivity index (χ0n) is 14.8. The minimum Gasteiger partial charge on any atom is -0.361 e. The summed E-state index contributed by atoms with van der Waals surface area (Å²) in [4.78, 5) is 19.4. The molecule has 3 rings (SSSR count). The van der Waals surface area contributed by atoms with Crippen molar-refractivity contribution in [3.63, 3.8) is 0 Å². The number of imidazole rings is 1. The lowest BCUT2D eigenvalue weighted by molar-refractivity contribution is 0.0701. The maximum atomic E-state index is 12.9. The highest BCUT2D eigenvalue weighted by atomic mass is 16.5. The third kappa shape index (κ3) is 3.23. The maximum Gasteiger partial charge on any atom is 0.259 e. The lowest BCUT2D eigenvalue weighted by atomic mass is 9.96. The van der Waals surface area contributed by atoms with Gasteiger partial charge in [0.25, 0.3) is 5.91 Å². The number of unbranched alkanes of at least 4 members (excludes halogenated alkanes) is 1. The summed E-state index contributed by atoms with van der Waals surface area (Å²) in [6, 6.07) is 0. The first-order valence-corrected chi connectivity index (χ1v) is 8.85. The van der Waals surface area contributed by atoms with Crippen LogP contribution in [0.4, 0.5) is 0 Å². The summed E-state index contributed by atoms with van der Waals surface area (Å²) in [5.41, 5.74) is 1.29. The predicted molar refractivity (Wildman–Crippen MR) is 91.0 cm³/mol. The van der Waals surface area contributed by atoms with Gasteiger partial charge < -0.3 is 14.0 Å². The average molecular weight is 330 g/mol. The fourth-order valence-electron chi connectivity index (χ4n) is 3.52. The number of aromatic nitrogens is 3. The number of hydrogen-bond acceptors (Lipinski definition) is 4. The lowest BCUT2D eigenvalue weighted by Crippen LogP contribution is -2.40. The van der Waals surface area contributed by atoms with Crippen molar-refractivity contribution in [2.75, 3.05) is 13.1 Å². The molecule has 0 saturated carbocycles. The first kappa shape index (κ1) is 16.7. The third-order valence-corrected chi connectivity index (χ3v) is 4.82. The van der Waals surface area contributed by atoms with Crippen LogP contribution in [0.1, 0.15) is 66.2 Å². The Morgan fingerprint density at radius 3 is 2.96 bits per heavy atom. The fraction of sp³-hybridized carbons (Fsp3) is 0.611. The molecule has 1 saturated heterocycles. The van der Waals surface area contributed by atoms with Gasteiger partial charge in [0.1, 0.15) is 17.1 Å². The second kappa shape index (κ2) is 7.20. The topological polar surface area (TPSA) is 64.2 Å². The Kier molecular flexibility index (Phi) is 5.02. The molecule has 2 aromatic heterocycles. The number of hydrogen-bond donors (Lipinski definition) is 0. The molecule has 24 heavy (non-hydrogen) atoms. The summed E-state index contributed by atoms with van der Waals surface area (Å²) in [5, 5.41) is 3.91. The van der Waals surface area contributed by atoms with Crippen molar-refractivity contribution in [3.05, 3.63) is 35.2 Å². The highest BCUT2D eigenvalue weighted by Gasteiger charge is 2.30. The maximum absolute atomic E-state index is 12.9. The van der Waals surface area contributed by atoms with Crippen molar-refractivity contribution in [1.29, 1.82) is 0 Å². The zero-order chi connectivity index (χ0) is 17.1. The molecular weight excluding hydrogens is 304 g/mol. The Hall–Kier alpha value is -2.11. The summed E-state index contributed by atoms with van der Waals surface area (Å²) < 4.78 is 7.40. The molecule has 0 spiro atoms. The van der Waals surface area contributed by atoms with E-state index in [0.717, 1.165) is 38.2 Å². The van der Waals surface area contributed by atoms with E-state index in [4.69, 9.17) is 4.52 Å². The minimum atomic E-state index is 0.0302. The summed E-state index contributed by atoms with van der Waals surface area (Å²) >= 11 is 0. The van der Waals surface area contributed by atoms with Crippen LogP contribution in [0.5, 0.6) is 0 Å². The van der Waals surface area contributed by atoms with E-state index in [1.54, 1.807) is 6.92 Å². The number of aryl methyl sites for hydroxylation is 3. The summed E-state index contributed by atoms with van der Waals surface area (Å²) in [6.45, 7) is 8.32. The SMILES string of the molecule is CCCCn1ccnc1C1CCCN(C(=O)c2c(C)noc2C)C1. The van der Waals surface area contributed by atoms with Gasteiger partial charge in [0.15, 0.2) is 0 Å². The molecule has 0 bridgehead atoms. The van der Waals surface area contributed by atoms with Gasteiger partial charge in [0, 0.05) is 37.9 Å². The van der Waals surface area contributed by atoms with Crippen LogP contribution < -0.4 is 0 Å². The van der Waals surface area contributed by atoms with Crippen LogP contribution in [0.15, 0.2) is 16.9 Å². The molecule has 6 nitrogen and oxygen atoms in total. The van der Waals surface area contributed by atoms with E-state index in [1.807, 2.05) is 18.0 Å². The van der Waals surface area contributed by atoms with E-state index < -0.39 is 0 Å². The van der Waals surface area contributed by atoms with Crippen molar-refractivity contribution in [2.24, 2.45) is 0 Å². The lowest BCUT2D eigenvalue weighted by Gasteiger charge is -2.32. The normalized spacial score (nSPS) is 18.1. The monoisotopic (exact) mass is 330 g/mol. The molecule has 1 aliphatic heterocycles. The smallest absolute Gasteiger partial charge is 0.259 e. The Morgan fingerprint density at radius 1 is 1.42 bits per heavy atom. The highest BCUT2D eigenvalue weighted by molar-refractivity contribution is 5.96. The zero-order valence-corrected chi connectivity index (χ0v) is 14.8. The second-order valence-electron chi connectivity index (χ2n) is 6.62. The number of carbonyl (C=O) groups excluding carboxylic acids is 1. The van der Waals surface area contributed by atoms with Crippen LogP contribution in [0.2, 0.25) is 0 Å². The molecule has 1 atom stereocenters. The average Bonchev–Trinajstić information content (AvgIpc) is 3.19. The van der Waals surface area contributed by atoms with Crippen LogP contribution in [-0.4, -0.2) is 38.6 Å². The fourth-order valence-corrected chi connectivity index (χ4v) is 3.52. The second-order valence-corrected chi connectivity index (χ2v) is 6.62. The first-order valence-electron chi connectivity index (χ1n) is 8.85. The molecule has 0 N–H and O–H groups in total. The molecule has 0 radical (unpaired) electrons. The van der Waals surface area contributed by atoms with E-state index in [1.165, 1.54) is 6.42 Å². The van der Waals surface area contributed by atoms with Gasteiger partial charge in [-0.15, -0.1) is 0 Å². The van der Waals surface area contributed by atoms with Gasteiger partial charge in [-0.2, -0.15) is 0 Å². The third-order valence-electron chi connectivity index (χ3n) is 4.82. The number of rotatable bonds is 5. The van der Waals surface area contributed by atoms with Crippen LogP contribution in [0.3, 0.4) is 0 Å². The van der Waals surface area contributed by atoms with E-state index in [-0.39, 0.29) is 5.91 Å². The van der Waals surface area contributed by atoms with E-state index in [2.05, 4.69) is 27.8 Å². The van der Waals surface area contributed by atoms with Gasteiger partial charge in [-0.05, 0) is 33.1 Å². The molecule has 1 aliphatic rings. The van der Waals surface area contributed by atoms with Crippen molar-refractivity contribution in [3.8, 4) is 0 Å². The number of piperidine rings is 1. The summed E-state index contributed by atoms with van der Waals surface area (Å²) in [7, 11) is 0. The van der Waals surface area contributed by atoms with Crippen molar-refractivity contribution >= 4 is 5.91 Å². The van der Waals surface area contributed by atoms with Crippen LogP contribution in [0, 0.1) is 13.8 Å². The first-order chi connectivity index (χ1) is 11.6. The molecule has 6 heteroatoms. The van der Waals surface area contributed by atoms with E-state index in [9.17, 15) is 4.79 Å². The Morgan fingerprint density at radius 2 is 2.25 bits per heavy atom. The van der Waals surface area contributed by atoms with Crippen LogP contribution in [-0.2, 0) is 6.54 Å². The molecule has 0 aliphatic carbocycles. The van der Waals surface area contributed by atoms with Gasteiger partial charge in [-0.25, -0.2) is 4.98 Å². The van der Waals surface area contributed by atoms with Gasteiger partial charge >= 0.3 is 0 Å². The van der Waals surface area contributed by atoms with Gasteiger partial charge in [-0.1, -0.05) is 18.5 Å². The van der Waals surface area contributed by atoms with Crippen molar-refractivity contribution in [1.82, 2.24) is 19.6 Å². The molecule has 1 unspecified atom stereocenters. The van der Waals surface area contributed by atoms with Crippen molar-refractivity contribution < 1.29 is 9.32 Å². The minimum absolute atomic E-state index is 0.0302. The summed E-state index contributed by atoms with van der Waals surface area (Å²) in [6.07, 6.45) is 8.33. The molecule has 130 valence electrons. The number of nitrogens with zero attached hydrogens (tertiary/aromatic N) is 4. The largest absolute Gasteiger partial charge is 0.361 e. The Balaban J connectivity index is 1.75. The quantitative estimate of drug-likeness (QED) is 0.844. The van der Waals surface area contributed by atoms with Crippen LogP contribution >= 0.6 is 0 Å². The Labute approximate surface area is 142 Å². The number of likely N-dealkylation sites (tertiary alicyclic amines) is 1. The molecule has 3 heterocycles. The summed E-state index contributed by atoms with van der Waals surface area (Å²) in [5.74, 6) is 2.04. The van der Waals surface area contributed by atoms with Gasteiger partial charge in [0.2, 0.25) is 0 Å². The number of amides is 1. The number of carbonyl (C=O) groups is 1. The van der Waals surface area contributed by atoms with E-state index in [0.29, 0.717) is 29.5 Å². The van der Waals surface area contributed by atoms with Crippen molar-refractivity contribution in [2.45, 2.75) is 58.9 Å².